The fraction of sp³-hybridized carbons (Fsp3) is 0.333. The first-order chi connectivity index (χ1) is 5.34. The third-order valence-corrected chi connectivity index (χ3v) is 1.79. The summed E-state index contributed by atoms with van der Waals surface area (Å²) in [6, 6.07) is 8.52. The normalized spacial score (nSPS) is 21.7. The highest BCUT2D eigenvalue weighted by Gasteiger charge is 2.18. The van der Waals surface area contributed by atoms with Crippen LogP contribution >= 0.6 is 0 Å². The second-order valence-corrected chi connectivity index (χ2v) is 2.88. The van der Waals surface area contributed by atoms with Gasteiger partial charge in [-0.05, 0) is 12.5 Å². The molecule has 0 saturated carbocycles. The summed E-state index contributed by atoms with van der Waals surface area (Å²) >= 11 is 0. The van der Waals surface area contributed by atoms with Crippen molar-refractivity contribution in [1.82, 2.24) is 5.06 Å². The third-order valence-electron chi connectivity index (χ3n) is 1.79. The Morgan fingerprint density at radius 2 is 2.00 bits per heavy atom. The summed E-state index contributed by atoms with van der Waals surface area (Å²) in [5.41, 5.74) is 2.62. The monoisotopic (exact) mass is 149 g/mol. The van der Waals surface area contributed by atoms with E-state index in [2.05, 4.69) is 31.2 Å². The maximum Gasteiger partial charge on any atom is 0.144 e. The van der Waals surface area contributed by atoms with Crippen molar-refractivity contribution < 1.29 is 4.84 Å². The predicted molar refractivity (Wildman–Crippen MR) is 42.7 cm³/mol. The van der Waals surface area contributed by atoms with Crippen molar-refractivity contribution in [2.75, 3.05) is 6.73 Å². The van der Waals surface area contributed by atoms with Crippen molar-refractivity contribution in [3.05, 3.63) is 35.4 Å². The number of hydrogen-bond acceptors (Lipinski definition) is 2. The summed E-state index contributed by atoms with van der Waals surface area (Å²) in [7, 11) is 0. The van der Waals surface area contributed by atoms with E-state index in [-0.39, 0.29) is 0 Å². The first-order valence-corrected chi connectivity index (χ1v) is 3.78. The lowest BCUT2D eigenvalue weighted by Gasteiger charge is -1.98. The van der Waals surface area contributed by atoms with Gasteiger partial charge in [0.2, 0.25) is 0 Å². The summed E-state index contributed by atoms with van der Waals surface area (Å²) in [6.45, 7) is 3.80. The van der Waals surface area contributed by atoms with E-state index < -0.39 is 0 Å². The van der Waals surface area contributed by atoms with Gasteiger partial charge < -0.3 is 0 Å². The number of aryl methyl sites for hydroxylation is 1. The number of hydrogen-bond donors (Lipinski definition) is 0. The van der Waals surface area contributed by atoms with Crippen molar-refractivity contribution in [2.24, 2.45) is 0 Å². The molecule has 2 rings (SSSR count). The Kier molecular flexibility index (Phi) is 1.64. The maximum absolute atomic E-state index is 4.98. The molecule has 58 valence electrons. The molecule has 11 heavy (non-hydrogen) atoms. The van der Waals surface area contributed by atoms with E-state index in [1.165, 1.54) is 11.1 Å². The van der Waals surface area contributed by atoms with E-state index >= 15 is 0 Å². The van der Waals surface area contributed by atoms with Gasteiger partial charge in [-0.15, -0.1) is 0 Å². The number of hydroxylamine groups is 2. The van der Waals surface area contributed by atoms with E-state index in [9.17, 15) is 0 Å². The lowest BCUT2D eigenvalue weighted by molar-refractivity contribution is 0.194. The summed E-state index contributed by atoms with van der Waals surface area (Å²) in [6.07, 6.45) is 0. The topological polar surface area (TPSA) is 15.5 Å². The molecule has 2 heteroatoms. The van der Waals surface area contributed by atoms with Crippen molar-refractivity contribution in [2.45, 2.75) is 13.5 Å². The van der Waals surface area contributed by atoms with Gasteiger partial charge in [0, 0.05) is 0 Å². The molecule has 0 spiro atoms. The van der Waals surface area contributed by atoms with Crippen LogP contribution in [-0.4, -0.2) is 11.8 Å². The lowest BCUT2D eigenvalue weighted by Crippen LogP contribution is -1.95. The van der Waals surface area contributed by atoms with Crippen LogP contribution in [0.5, 0.6) is 0 Å². The van der Waals surface area contributed by atoms with Gasteiger partial charge in [-0.1, -0.05) is 29.8 Å². The predicted octanol–water partition coefficient (Wildman–Crippen LogP) is 1.70. The Morgan fingerprint density at radius 1 is 1.36 bits per heavy atom. The largest absolute Gasteiger partial charge is 0.278 e. The fourth-order valence-electron chi connectivity index (χ4n) is 1.03. The SMILES string of the molecule is Cc1ccc(CN2CO2)cc1. The molecule has 1 fully saturated rings. The van der Waals surface area contributed by atoms with E-state index in [0.29, 0.717) is 0 Å². The van der Waals surface area contributed by atoms with Gasteiger partial charge in [-0.3, -0.25) is 4.84 Å². The fourth-order valence-corrected chi connectivity index (χ4v) is 1.03. The molecule has 1 unspecified atom stereocenters. The molecule has 0 amide bonds. The molecule has 1 aromatic carbocycles. The molecule has 1 aromatic rings. The van der Waals surface area contributed by atoms with Crippen molar-refractivity contribution in [3.63, 3.8) is 0 Å². The van der Waals surface area contributed by atoms with Gasteiger partial charge in [-0.2, -0.15) is 5.06 Å². The summed E-state index contributed by atoms with van der Waals surface area (Å²) in [5, 5.41) is 1.92. The molecular weight excluding hydrogens is 138 g/mol. The summed E-state index contributed by atoms with van der Waals surface area (Å²) < 4.78 is 0. The molecular formula is C9H11NO. The van der Waals surface area contributed by atoms with Gasteiger partial charge in [0.1, 0.15) is 6.73 Å². The van der Waals surface area contributed by atoms with Crippen LogP contribution in [0.4, 0.5) is 0 Å². The van der Waals surface area contributed by atoms with Gasteiger partial charge in [-0.25, -0.2) is 0 Å². The highest BCUT2D eigenvalue weighted by molar-refractivity contribution is 5.21. The van der Waals surface area contributed by atoms with E-state index in [4.69, 9.17) is 4.84 Å². The van der Waals surface area contributed by atoms with Gasteiger partial charge in [0.05, 0.1) is 6.54 Å². The highest BCUT2D eigenvalue weighted by atomic mass is 16.8. The Balaban J connectivity index is 2.06. The van der Waals surface area contributed by atoms with Gasteiger partial charge in [0.15, 0.2) is 0 Å². The van der Waals surface area contributed by atoms with Crippen molar-refractivity contribution in [3.8, 4) is 0 Å². The molecule has 1 saturated heterocycles. The first-order valence-electron chi connectivity index (χ1n) is 3.78. The van der Waals surface area contributed by atoms with E-state index in [1.54, 1.807) is 0 Å². The maximum atomic E-state index is 4.98. The van der Waals surface area contributed by atoms with Crippen LogP contribution in [0.2, 0.25) is 0 Å². The Morgan fingerprint density at radius 3 is 2.55 bits per heavy atom. The minimum absolute atomic E-state index is 0.786. The molecule has 0 N–H and O–H groups in total. The first kappa shape index (κ1) is 6.83. The second kappa shape index (κ2) is 2.64. The zero-order valence-electron chi connectivity index (χ0n) is 6.58. The molecule has 0 bridgehead atoms. The molecule has 1 atom stereocenters. The lowest BCUT2D eigenvalue weighted by atomic mass is 10.1. The van der Waals surface area contributed by atoms with Crippen LogP contribution < -0.4 is 0 Å². The molecule has 0 aromatic heterocycles. The summed E-state index contributed by atoms with van der Waals surface area (Å²) in [5.74, 6) is 0. The minimum Gasteiger partial charge on any atom is -0.278 e. The molecule has 0 radical (unpaired) electrons. The standard InChI is InChI=1S/C9H11NO/c1-8-2-4-9(5-3-8)6-10-7-11-10/h2-5H,6-7H2,1H3. The quantitative estimate of drug-likeness (QED) is 0.595. The molecule has 1 heterocycles. The van der Waals surface area contributed by atoms with Crippen molar-refractivity contribution >= 4 is 0 Å². The number of benzene rings is 1. The molecule has 0 aliphatic carbocycles. The minimum atomic E-state index is 0.786. The van der Waals surface area contributed by atoms with Gasteiger partial charge >= 0.3 is 0 Å². The second-order valence-electron chi connectivity index (χ2n) is 2.88. The number of rotatable bonds is 2. The van der Waals surface area contributed by atoms with Crippen LogP contribution in [0.15, 0.2) is 24.3 Å². The number of nitrogens with zero attached hydrogens (tertiary/aromatic N) is 1. The Bertz CT molecular complexity index is 238. The Labute approximate surface area is 66.3 Å². The average Bonchev–Trinajstić information content (AvgIpc) is 2.78. The van der Waals surface area contributed by atoms with Crippen molar-refractivity contribution in [1.29, 1.82) is 0 Å². The third kappa shape index (κ3) is 1.79. The van der Waals surface area contributed by atoms with E-state index in [0.717, 1.165) is 13.3 Å². The highest BCUT2D eigenvalue weighted by Crippen LogP contribution is 2.13. The van der Waals surface area contributed by atoms with Crippen LogP contribution in [0.3, 0.4) is 0 Å². The van der Waals surface area contributed by atoms with Crippen LogP contribution in [0, 0.1) is 6.92 Å². The van der Waals surface area contributed by atoms with Crippen LogP contribution in [0.1, 0.15) is 11.1 Å². The van der Waals surface area contributed by atoms with E-state index in [1.807, 2.05) is 5.06 Å². The summed E-state index contributed by atoms with van der Waals surface area (Å²) in [4.78, 5) is 4.98. The molecule has 2 nitrogen and oxygen atoms in total. The molecule has 1 aliphatic heterocycles. The van der Waals surface area contributed by atoms with Gasteiger partial charge in [0.25, 0.3) is 0 Å². The smallest absolute Gasteiger partial charge is 0.144 e. The zero-order chi connectivity index (χ0) is 7.68. The zero-order valence-corrected chi connectivity index (χ0v) is 6.58. The van der Waals surface area contributed by atoms with Crippen LogP contribution in [-0.2, 0) is 11.4 Å². The Hall–Kier alpha value is -0.860. The average molecular weight is 149 g/mol. The molecule has 1 aliphatic rings. The van der Waals surface area contributed by atoms with Crippen LogP contribution in [0.25, 0.3) is 0 Å².